The standard InChI is InChI=1S/C18H18ClFO2/c1-18(2,12-19)17(21)14-6-4-8-16(10-14)22-11-13-5-3-7-15(20)9-13/h3-10H,11-12H2,1-2H3. The third kappa shape index (κ3) is 4.08. The molecule has 0 unspecified atom stereocenters. The zero-order valence-corrected chi connectivity index (χ0v) is 13.4. The number of halogens is 2. The normalized spacial score (nSPS) is 11.3. The van der Waals surface area contributed by atoms with Gasteiger partial charge in [-0.1, -0.05) is 38.1 Å². The summed E-state index contributed by atoms with van der Waals surface area (Å²) in [5, 5.41) is 0. The monoisotopic (exact) mass is 320 g/mol. The molecule has 0 heterocycles. The zero-order valence-electron chi connectivity index (χ0n) is 12.6. The highest BCUT2D eigenvalue weighted by Crippen LogP contribution is 2.25. The van der Waals surface area contributed by atoms with Gasteiger partial charge in [0, 0.05) is 16.9 Å². The third-order valence-electron chi connectivity index (χ3n) is 3.34. The van der Waals surface area contributed by atoms with Crippen LogP contribution >= 0.6 is 11.6 Å². The Morgan fingerprint density at radius 3 is 2.59 bits per heavy atom. The second kappa shape index (κ2) is 6.93. The Bertz CT molecular complexity index is 668. The minimum atomic E-state index is -0.622. The fraction of sp³-hybridized carbons (Fsp3) is 0.278. The summed E-state index contributed by atoms with van der Waals surface area (Å²) >= 11 is 5.85. The number of benzene rings is 2. The summed E-state index contributed by atoms with van der Waals surface area (Å²) in [7, 11) is 0. The molecule has 0 saturated heterocycles. The van der Waals surface area contributed by atoms with E-state index in [2.05, 4.69) is 0 Å². The van der Waals surface area contributed by atoms with Crippen LogP contribution in [-0.2, 0) is 6.61 Å². The smallest absolute Gasteiger partial charge is 0.169 e. The van der Waals surface area contributed by atoms with Crippen LogP contribution in [0.25, 0.3) is 0 Å². The van der Waals surface area contributed by atoms with E-state index in [1.165, 1.54) is 12.1 Å². The number of ketones is 1. The summed E-state index contributed by atoms with van der Waals surface area (Å²) in [5.41, 5.74) is 0.670. The SMILES string of the molecule is CC(C)(CCl)C(=O)c1cccc(OCc2cccc(F)c2)c1. The van der Waals surface area contributed by atoms with Crippen LogP contribution < -0.4 is 4.74 Å². The molecule has 0 aromatic heterocycles. The topological polar surface area (TPSA) is 26.3 Å². The minimum absolute atomic E-state index is 0.0290. The molecule has 0 aliphatic carbocycles. The van der Waals surface area contributed by atoms with Crippen LogP contribution in [0.2, 0.25) is 0 Å². The maximum Gasteiger partial charge on any atom is 0.169 e. The van der Waals surface area contributed by atoms with Gasteiger partial charge in [-0.25, -0.2) is 4.39 Å². The highest BCUT2D eigenvalue weighted by Gasteiger charge is 2.27. The molecule has 2 aromatic carbocycles. The van der Waals surface area contributed by atoms with Gasteiger partial charge in [0.25, 0.3) is 0 Å². The molecule has 2 aromatic rings. The van der Waals surface area contributed by atoms with Crippen molar-refractivity contribution in [1.82, 2.24) is 0 Å². The van der Waals surface area contributed by atoms with Crippen molar-refractivity contribution < 1.29 is 13.9 Å². The maximum atomic E-state index is 13.1. The molecule has 116 valence electrons. The second-order valence-electron chi connectivity index (χ2n) is 5.79. The van der Waals surface area contributed by atoms with Gasteiger partial charge in [-0.05, 0) is 29.8 Å². The van der Waals surface area contributed by atoms with Crippen molar-refractivity contribution in [2.75, 3.05) is 5.88 Å². The van der Waals surface area contributed by atoms with Crippen LogP contribution in [0.4, 0.5) is 4.39 Å². The summed E-state index contributed by atoms with van der Waals surface area (Å²) in [6, 6.07) is 13.2. The van der Waals surface area contributed by atoms with E-state index in [1.807, 2.05) is 13.8 Å². The molecule has 2 rings (SSSR count). The molecule has 0 saturated carbocycles. The third-order valence-corrected chi connectivity index (χ3v) is 4.01. The van der Waals surface area contributed by atoms with Gasteiger partial charge in [-0.2, -0.15) is 0 Å². The second-order valence-corrected chi connectivity index (χ2v) is 6.06. The first-order chi connectivity index (χ1) is 10.4. The van der Waals surface area contributed by atoms with Crippen molar-refractivity contribution >= 4 is 17.4 Å². The lowest BCUT2D eigenvalue weighted by Gasteiger charge is -2.20. The molecule has 4 heteroatoms. The van der Waals surface area contributed by atoms with Crippen molar-refractivity contribution in [3.05, 3.63) is 65.5 Å². The average Bonchev–Trinajstić information content (AvgIpc) is 2.52. The average molecular weight is 321 g/mol. The van der Waals surface area contributed by atoms with Gasteiger partial charge in [0.2, 0.25) is 0 Å². The molecule has 0 fully saturated rings. The largest absolute Gasteiger partial charge is 0.489 e. The zero-order chi connectivity index (χ0) is 16.2. The number of hydrogen-bond acceptors (Lipinski definition) is 2. The number of carbonyl (C=O) groups excluding carboxylic acids is 1. The number of carbonyl (C=O) groups is 1. The van der Waals surface area contributed by atoms with E-state index in [0.29, 0.717) is 11.3 Å². The van der Waals surface area contributed by atoms with Gasteiger partial charge in [-0.15, -0.1) is 11.6 Å². The van der Waals surface area contributed by atoms with E-state index in [4.69, 9.17) is 16.3 Å². The molecule has 2 nitrogen and oxygen atoms in total. The van der Waals surface area contributed by atoms with Crippen LogP contribution in [0.5, 0.6) is 5.75 Å². The maximum absolute atomic E-state index is 13.1. The highest BCUT2D eigenvalue weighted by atomic mass is 35.5. The van der Waals surface area contributed by atoms with Crippen molar-refractivity contribution in [2.24, 2.45) is 5.41 Å². The quantitative estimate of drug-likeness (QED) is 0.561. The van der Waals surface area contributed by atoms with E-state index in [9.17, 15) is 9.18 Å². The Kier molecular flexibility index (Phi) is 5.19. The summed E-state index contributed by atoms with van der Waals surface area (Å²) in [6.45, 7) is 3.86. The molecule has 0 aliphatic heterocycles. The van der Waals surface area contributed by atoms with E-state index in [0.717, 1.165) is 5.56 Å². The van der Waals surface area contributed by atoms with E-state index in [1.54, 1.807) is 36.4 Å². The van der Waals surface area contributed by atoms with Crippen molar-refractivity contribution in [2.45, 2.75) is 20.5 Å². The number of rotatable bonds is 6. The number of ether oxygens (including phenoxy) is 1. The summed E-state index contributed by atoms with van der Waals surface area (Å²) < 4.78 is 18.8. The van der Waals surface area contributed by atoms with Gasteiger partial charge in [-0.3, -0.25) is 4.79 Å². The summed E-state index contributed by atoms with van der Waals surface area (Å²) in [6.07, 6.45) is 0. The lowest BCUT2D eigenvalue weighted by molar-refractivity contribution is 0.0861. The van der Waals surface area contributed by atoms with Gasteiger partial charge in [0.05, 0.1) is 0 Å². The molecular weight excluding hydrogens is 303 g/mol. The minimum Gasteiger partial charge on any atom is -0.489 e. The van der Waals surface area contributed by atoms with Crippen LogP contribution in [0.3, 0.4) is 0 Å². The summed E-state index contributed by atoms with van der Waals surface area (Å²) in [5.74, 6) is 0.494. The lowest BCUT2D eigenvalue weighted by atomic mass is 9.86. The molecule has 0 spiro atoms. The highest BCUT2D eigenvalue weighted by molar-refractivity contribution is 6.21. The Labute approximate surface area is 134 Å². The van der Waals surface area contributed by atoms with Gasteiger partial charge >= 0.3 is 0 Å². The molecule has 22 heavy (non-hydrogen) atoms. The van der Waals surface area contributed by atoms with Crippen molar-refractivity contribution in [1.29, 1.82) is 0 Å². The van der Waals surface area contributed by atoms with E-state index < -0.39 is 5.41 Å². The van der Waals surface area contributed by atoms with Crippen LogP contribution in [0.1, 0.15) is 29.8 Å². The first-order valence-electron chi connectivity index (χ1n) is 7.00. The lowest BCUT2D eigenvalue weighted by Crippen LogP contribution is -2.26. The molecule has 0 amide bonds. The van der Waals surface area contributed by atoms with Crippen molar-refractivity contribution in [3.8, 4) is 5.75 Å². The molecule has 0 bridgehead atoms. The molecule has 0 aliphatic rings. The molecular formula is C18H18ClFO2. The van der Waals surface area contributed by atoms with E-state index >= 15 is 0 Å². The molecule has 0 atom stereocenters. The molecule has 0 radical (unpaired) electrons. The van der Waals surface area contributed by atoms with Crippen LogP contribution in [-0.4, -0.2) is 11.7 Å². The Hall–Kier alpha value is -1.87. The Morgan fingerprint density at radius 1 is 1.18 bits per heavy atom. The fourth-order valence-electron chi connectivity index (χ4n) is 1.97. The van der Waals surface area contributed by atoms with Crippen molar-refractivity contribution in [3.63, 3.8) is 0 Å². The predicted molar refractivity (Wildman–Crippen MR) is 86.0 cm³/mol. The number of Topliss-reactive ketones (excluding diaryl/α,β-unsaturated/α-hetero) is 1. The van der Waals surface area contributed by atoms with Gasteiger partial charge < -0.3 is 4.74 Å². The fourth-order valence-corrected chi connectivity index (χ4v) is 2.09. The first kappa shape index (κ1) is 16.5. The van der Waals surface area contributed by atoms with Crippen LogP contribution in [0.15, 0.2) is 48.5 Å². The number of hydrogen-bond donors (Lipinski definition) is 0. The predicted octanol–water partition coefficient (Wildman–Crippen LogP) is 4.85. The summed E-state index contributed by atoms with van der Waals surface area (Å²) in [4.78, 5) is 12.4. The van der Waals surface area contributed by atoms with Gasteiger partial charge in [0.1, 0.15) is 18.2 Å². The van der Waals surface area contributed by atoms with Crippen LogP contribution in [0, 0.1) is 11.2 Å². The molecule has 0 N–H and O–H groups in total. The first-order valence-corrected chi connectivity index (χ1v) is 7.54. The van der Waals surface area contributed by atoms with E-state index in [-0.39, 0.29) is 24.1 Å². The van der Waals surface area contributed by atoms with Gasteiger partial charge in [0.15, 0.2) is 5.78 Å². The Morgan fingerprint density at radius 2 is 1.91 bits per heavy atom. The number of alkyl halides is 1. The Balaban J connectivity index is 2.10.